The fourth-order valence-corrected chi connectivity index (χ4v) is 10.8. The number of rotatable bonds is 10. The van der Waals surface area contributed by atoms with Crippen molar-refractivity contribution in [2.45, 2.75) is 91.1 Å². The van der Waals surface area contributed by atoms with Crippen LogP contribution in [-0.4, -0.2) is 99.4 Å². The number of ketones is 1. The van der Waals surface area contributed by atoms with Gasteiger partial charge in [0.05, 0.1) is 12.2 Å². The van der Waals surface area contributed by atoms with Crippen LogP contribution in [0.5, 0.6) is 0 Å². The number of nitrogens with zero attached hydrogens (tertiary/aromatic N) is 6. The first-order valence-electron chi connectivity index (χ1n) is 21.0. The average Bonchev–Trinajstić information content (AvgIpc) is 3.45. The highest BCUT2D eigenvalue weighted by Gasteiger charge is 2.62. The van der Waals surface area contributed by atoms with Gasteiger partial charge in [-0.2, -0.15) is 0 Å². The topological polar surface area (TPSA) is 66.4 Å². The molecule has 0 bridgehead atoms. The van der Waals surface area contributed by atoms with E-state index in [1.807, 2.05) is 6.08 Å². The maximum Gasteiger partial charge on any atom is 0.156 e. The van der Waals surface area contributed by atoms with Crippen LogP contribution in [0.1, 0.15) is 91.0 Å². The first kappa shape index (κ1) is 38.5. The molecule has 7 rings (SSSR count). The summed E-state index contributed by atoms with van der Waals surface area (Å²) in [6.45, 7) is 19.3. The van der Waals surface area contributed by atoms with Gasteiger partial charge in [-0.1, -0.05) is 36.5 Å². The summed E-state index contributed by atoms with van der Waals surface area (Å²) >= 11 is 0. The standard InChI is InChI=1S/C46H64N6O2/c1-8-50(9-2)41-21-22-42(51(10-3)11-4)47-44(41)52-29-27-49(28-30-52)26-12-24-46(54)25-23-40-38-19-15-34-31-36(53)18-20-37(34)43(38)39(32-45(40,46)5)33-13-16-35(17-14-33)48(6)7/h13-14,16-17,21-22,31,38-40,54H,8-11,15,18-20,23,25-30,32H2,1-7H3/t38-,39+,40-,45-,46-/m0/s1. The number of fused-ring (bicyclic) bond motifs is 4. The van der Waals surface area contributed by atoms with Crippen LogP contribution in [0, 0.1) is 29.1 Å². The Morgan fingerprint density at radius 3 is 2.26 bits per heavy atom. The van der Waals surface area contributed by atoms with Gasteiger partial charge in [-0.3, -0.25) is 9.69 Å². The molecule has 3 fully saturated rings. The summed E-state index contributed by atoms with van der Waals surface area (Å²) in [5.41, 5.74) is 6.70. The van der Waals surface area contributed by atoms with E-state index in [9.17, 15) is 9.90 Å². The van der Waals surface area contributed by atoms with Crippen molar-refractivity contribution >= 4 is 28.8 Å². The Hall–Kier alpha value is -3.80. The molecule has 5 aliphatic rings. The molecule has 290 valence electrons. The third-order valence-corrected chi connectivity index (χ3v) is 14.0. The van der Waals surface area contributed by atoms with E-state index < -0.39 is 5.60 Å². The summed E-state index contributed by atoms with van der Waals surface area (Å²) in [6.07, 6.45) is 8.05. The molecule has 0 amide bonds. The van der Waals surface area contributed by atoms with E-state index in [2.05, 4.69) is 121 Å². The van der Waals surface area contributed by atoms with Crippen molar-refractivity contribution in [1.82, 2.24) is 9.88 Å². The molecule has 4 aliphatic carbocycles. The molecule has 8 heteroatoms. The van der Waals surface area contributed by atoms with Crippen molar-refractivity contribution in [1.29, 1.82) is 0 Å². The van der Waals surface area contributed by atoms with Crippen LogP contribution in [0.4, 0.5) is 23.0 Å². The normalized spacial score (nSPS) is 28.1. The van der Waals surface area contributed by atoms with Crippen LogP contribution in [-0.2, 0) is 4.79 Å². The zero-order valence-electron chi connectivity index (χ0n) is 34.1. The van der Waals surface area contributed by atoms with Crippen molar-refractivity contribution in [3.63, 3.8) is 0 Å². The van der Waals surface area contributed by atoms with E-state index in [0.717, 1.165) is 103 Å². The average molecular weight is 733 g/mol. The molecule has 1 aromatic heterocycles. The molecule has 0 spiro atoms. The lowest BCUT2D eigenvalue weighted by molar-refractivity contribution is -0.114. The Morgan fingerprint density at radius 1 is 0.889 bits per heavy atom. The Kier molecular flexibility index (Phi) is 11.2. The lowest BCUT2D eigenvalue weighted by Crippen LogP contribution is -2.51. The third kappa shape index (κ3) is 6.96. The molecule has 1 aromatic carbocycles. The maximum absolute atomic E-state index is 12.6. The van der Waals surface area contributed by atoms with Crippen molar-refractivity contribution < 1.29 is 9.90 Å². The molecular weight excluding hydrogens is 669 g/mol. The summed E-state index contributed by atoms with van der Waals surface area (Å²) in [5.74, 6) is 10.5. The van der Waals surface area contributed by atoms with E-state index in [1.54, 1.807) is 5.57 Å². The zero-order valence-corrected chi connectivity index (χ0v) is 34.1. The molecule has 2 heterocycles. The number of aliphatic hydroxyl groups is 1. The van der Waals surface area contributed by atoms with Gasteiger partial charge < -0.3 is 24.7 Å². The highest BCUT2D eigenvalue weighted by molar-refractivity contribution is 5.93. The highest BCUT2D eigenvalue weighted by Crippen LogP contribution is 2.66. The van der Waals surface area contributed by atoms with Gasteiger partial charge in [0.15, 0.2) is 11.6 Å². The van der Waals surface area contributed by atoms with Crippen molar-refractivity contribution in [2.75, 3.05) is 92.6 Å². The fourth-order valence-electron chi connectivity index (χ4n) is 10.8. The van der Waals surface area contributed by atoms with Gasteiger partial charge in [-0.05, 0) is 125 Å². The fraction of sp³-hybridized carbons (Fsp3) is 0.609. The molecule has 2 saturated carbocycles. The Balaban J connectivity index is 1.10. The van der Waals surface area contributed by atoms with E-state index in [4.69, 9.17) is 4.98 Å². The van der Waals surface area contributed by atoms with Gasteiger partial charge in [0.25, 0.3) is 0 Å². The summed E-state index contributed by atoms with van der Waals surface area (Å²) in [6, 6.07) is 13.5. The Morgan fingerprint density at radius 2 is 1.59 bits per heavy atom. The molecule has 0 unspecified atom stereocenters. The Bertz CT molecular complexity index is 1810. The predicted octanol–water partition coefficient (Wildman–Crippen LogP) is 7.30. The van der Waals surface area contributed by atoms with Gasteiger partial charge in [-0.25, -0.2) is 4.98 Å². The Labute approximate surface area is 325 Å². The second-order valence-corrected chi connectivity index (χ2v) is 16.8. The number of carbonyl (C=O) groups excluding carboxylic acids is 1. The first-order valence-corrected chi connectivity index (χ1v) is 21.0. The lowest BCUT2D eigenvalue weighted by atomic mass is 9.51. The SMILES string of the molecule is CCN(CC)c1ccc(N(CC)CC)c(N2CCN(CC#C[C@]3(O)CC[C@H]4[C@@H]5CCC6=CC(=O)CCC6=C5[C@@H](c5ccc(N(C)C)cc5)C[C@@]43C)CC2)n1. The van der Waals surface area contributed by atoms with E-state index >= 15 is 0 Å². The van der Waals surface area contributed by atoms with Crippen molar-refractivity contribution in [2.24, 2.45) is 17.3 Å². The van der Waals surface area contributed by atoms with Crippen LogP contribution in [0.2, 0.25) is 0 Å². The number of allylic oxidation sites excluding steroid dienone is 4. The van der Waals surface area contributed by atoms with E-state index in [-0.39, 0.29) is 17.1 Å². The number of benzene rings is 1. The van der Waals surface area contributed by atoms with Gasteiger partial charge in [-0.15, -0.1) is 0 Å². The molecule has 1 N–H and O–H groups in total. The van der Waals surface area contributed by atoms with Crippen LogP contribution in [0.3, 0.4) is 0 Å². The number of piperazine rings is 1. The zero-order chi connectivity index (χ0) is 38.2. The molecule has 1 saturated heterocycles. The van der Waals surface area contributed by atoms with Gasteiger partial charge in [0.2, 0.25) is 0 Å². The molecule has 1 aliphatic heterocycles. The maximum atomic E-state index is 12.6. The van der Waals surface area contributed by atoms with Gasteiger partial charge in [0, 0.05) is 89.9 Å². The smallest absolute Gasteiger partial charge is 0.156 e. The highest BCUT2D eigenvalue weighted by atomic mass is 16.3. The minimum Gasteiger partial charge on any atom is -0.378 e. The second-order valence-electron chi connectivity index (χ2n) is 16.8. The van der Waals surface area contributed by atoms with Gasteiger partial charge in [0.1, 0.15) is 11.4 Å². The monoisotopic (exact) mass is 733 g/mol. The number of pyridine rings is 1. The van der Waals surface area contributed by atoms with E-state index in [0.29, 0.717) is 24.8 Å². The molecular formula is C46H64N6O2. The summed E-state index contributed by atoms with van der Waals surface area (Å²) in [5, 5.41) is 12.6. The van der Waals surface area contributed by atoms with E-state index in [1.165, 1.54) is 28.1 Å². The quantitative estimate of drug-likeness (QED) is 0.256. The summed E-state index contributed by atoms with van der Waals surface area (Å²) in [4.78, 5) is 29.6. The number of carbonyl (C=O) groups is 1. The van der Waals surface area contributed by atoms with Crippen LogP contribution in [0.15, 0.2) is 59.2 Å². The third-order valence-electron chi connectivity index (χ3n) is 14.0. The van der Waals surface area contributed by atoms with Crippen LogP contribution >= 0.6 is 0 Å². The molecule has 2 aromatic rings. The van der Waals surface area contributed by atoms with Crippen molar-refractivity contribution in [3.05, 3.63) is 64.8 Å². The number of aromatic nitrogens is 1. The summed E-state index contributed by atoms with van der Waals surface area (Å²) < 4.78 is 0. The number of anilines is 4. The minimum atomic E-state index is -1.02. The predicted molar refractivity (Wildman–Crippen MR) is 224 cm³/mol. The largest absolute Gasteiger partial charge is 0.378 e. The second kappa shape index (κ2) is 15.7. The van der Waals surface area contributed by atoms with Crippen LogP contribution in [0.25, 0.3) is 0 Å². The molecule has 8 nitrogen and oxygen atoms in total. The molecule has 5 atom stereocenters. The number of hydrogen-bond acceptors (Lipinski definition) is 8. The van der Waals surface area contributed by atoms with Crippen molar-refractivity contribution in [3.8, 4) is 11.8 Å². The minimum absolute atomic E-state index is 0.217. The van der Waals surface area contributed by atoms with Gasteiger partial charge >= 0.3 is 0 Å². The van der Waals surface area contributed by atoms with Crippen LogP contribution < -0.4 is 19.6 Å². The molecule has 54 heavy (non-hydrogen) atoms. The summed E-state index contributed by atoms with van der Waals surface area (Å²) in [7, 11) is 4.17. The lowest BCUT2D eigenvalue weighted by Gasteiger charge is -2.53. The number of hydrogen-bond donors (Lipinski definition) is 1. The first-order chi connectivity index (χ1) is 26.0. The molecule has 0 radical (unpaired) electrons.